The second-order valence-corrected chi connectivity index (χ2v) is 5.96. The summed E-state index contributed by atoms with van der Waals surface area (Å²) in [6.07, 6.45) is 0.388. The molecule has 7 nitrogen and oxygen atoms in total. The number of nitrogens with one attached hydrogen (secondary N) is 1. The SMILES string of the molecule is CCOC(=O)c1c(C)[nH]n2c(=O)c(Cc3ccc(C#N)cc3)c(C)nc12. The van der Waals surface area contributed by atoms with Crippen LogP contribution >= 0.6 is 0 Å². The van der Waals surface area contributed by atoms with Crippen molar-refractivity contribution in [3.63, 3.8) is 0 Å². The number of benzene rings is 1. The molecule has 3 rings (SSSR count). The molecule has 0 fully saturated rings. The van der Waals surface area contributed by atoms with Crippen LogP contribution in [0.2, 0.25) is 0 Å². The summed E-state index contributed by atoms with van der Waals surface area (Å²) in [6, 6.07) is 9.13. The maximum atomic E-state index is 12.9. The van der Waals surface area contributed by atoms with Gasteiger partial charge < -0.3 is 4.74 Å². The Kier molecular flexibility index (Phi) is 4.59. The highest BCUT2D eigenvalue weighted by Crippen LogP contribution is 2.17. The number of rotatable bonds is 4. The van der Waals surface area contributed by atoms with E-state index in [-0.39, 0.29) is 23.4 Å². The third-order valence-electron chi connectivity index (χ3n) is 4.21. The van der Waals surface area contributed by atoms with Gasteiger partial charge in [0.1, 0.15) is 5.56 Å². The quantitative estimate of drug-likeness (QED) is 0.728. The number of carbonyl (C=O) groups is 1. The number of aryl methyl sites for hydroxylation is 2. The van der Waals surface area contributed by atoms with Crippen LogP contribution in [-0.4, -0.2) is 27.2 Å². The zero-order chi connectivity index (χ0) is 18.8. The van der Waals surface area contributed by atoms with Gasteiger partial charge in [-0.3, -0.25) is 9.89 Å². The first kappa shape index (κ1) is 17.4. The van der Waals surface area contributed by atoms with Crippen molar-refractivity contribution in [2.45, 2.75) is 27.2 Å². The van der Waals surface area contributed by atoms with Crippen LogP contribution in [0.4, 0.5) is 0 Å². The number of H-pyrrole nitrogens is 1. The van der Waals surface area contributed by atoms with E-state index in [4.69, 9.17) is 10.00 Å². The number of aromatic nitrogens is 3. The lowest BCUT2D eigenvalue weighted by atomic mass is 10.0. The number of fused-ring (bicyclic) bond motifs is 1. The molecular formula is C19H18N4O3. The molecule has 0 radical (unpaired) electrons. The van der Waals surface area contributed by atoms with Gasteiger partial charge in [0.15, 0.2) is 5.65 Å². The molecule has 0 saturated carbocycles. The predicted molar refractivity (Wildman–Crippen MR) is 95.2 cm³/mol. The summed E-state index contributed by atoms with van der Waals surface area (Å²) in [5.74, 6) is -0.505. The van der Waals surface area contributed by atoms with Gasteiger partial charge in [-0.1, -0.05) is 12.1 Å². The number of nitriles is 1. The van der Waals surface area contributed by atoms with E-state index in [2.05, 4.69) is 16.2 Å². The zero-order valence-corrected chi connectivity index (χ0v) is 14.8. The number of esters is 1. The van der Waals surface area contributed by atoms with Crippen LogP contribution in [0.25, 0.3) is 5.65 Å². The van der Waals surface area contributed by atoms with Crippen molar-refractivity contribution in [3.05, 3.63) is 68.3 Å². The first-order chi connectivity index (χ1) is 12.5. The molecule has 0 saturated heterocycles. The Labute approximate surface area is 149 Å². The van der Waals surface area contributed by atoms with Gasteiger partial charge >= 0.3 is 5.97 Å². The zero-order valence-electron chi connectivity index (χ0n) is 14.8. The molecule has 3 aromatic rings. The van der Waals surface area contributed by atoms with Gasteiger partial charge in [0.05, 0.1) is 18.2 Å². The lowest BCUT2D eigenvalue weighted by Crippen LogP contribution is -2.22. The number of aromatic amines is 1. The molecule has 2 aromatic heterocycles. The molecule has 26 heavy (non-hydrogen) atoms. The topological polar surface area (TPSA) is 100 Å². The number of carbonyl (C=O) groups excluding carboxylic acids is 1. The Balaban J connectivity index is 2.09. The Bertz CT molecular complexity index is 1090. The number of ether oxygens (including phenoxy) is 1. The Morgan fingerprint density at radius 3 is 2.62 bits per heavy atom. The highest BCUT2D eigenvalue weighted by atomic mass is 16.5. The van der Waals surface area contributed by atoms with E-state index in [1.54, 1.807) is 32.9 Å². The van der Waals surface area contributed by atoms with Crippen molar-refractivity contribution in [1.82, 2.24) is 14.6 Å². The summed E-state index contributed by atoms with van der Waals surface area (Å²) >= 11 is 0. The summed E-state index contributed by atoms with van der Waals surface area (Å²) in [7, 11) is 0. The first-order valence-electron chi connectivity index (χ1n) is 8.23. The largest absolute Gasteiger partial charge is 0.462 e. The average molecular weight is 350 g/mol. The van der Waals surface area contributed by atoms with Crippen molar-refractivity contribution in [2.24, 2.45) is 0 Å². The summed E-state index contributed by atoms with van der Waals surface area (Å²) < 4.78 is 6.35. The monoisotopic (exact) mass is 350 g/mol. The van der Waals surface area contributed by atoms with Gasteiger partial charge in [-0.2, -0.15) is 5.26 Å². The van der Waals surface area contributed by atoms with Crippen molar-refractivity contribution in [2.75, 3.05) is 6.61 Å². The fourth-order valence-corrected chi connectivity index (χ4v) is 2.88. The maximum Gasteiger partial charge on any atom is 0.343 e. The second kappa shape index (κ2) is 6.84. The van der Waals surface area contributed by atoms with Crippen LogP contribution in [0.15, 0.2) is 29.1 Å². The molecule has 0 aliphatic carbocycles. The van der Waals surface area contributed by atoms with Crippen LogP contribution in [-0.2, 0) is 11.2 Å². The fraction of sp³-hybridized carbons (Fsp3) is 0.263. The van der Waals surface area contributed by atoms with Crippen molar-refractivity contribution in [3.8, 4) is 6.07 Å². The van der Waals surface area contributed by atoms with Crippen molar-refractivity contribution in [1.29, 1.82) is 5.26 Å². The highest BCUT2D eigenvalue weighted by molar-refractivity contribution is 5.97. The molecule has 1 N–H and O–H groups in total. The molecule has 0 spiro atoms. The third-order valence-corrected chi connectivity index (χ3v) is 4.21. The minimum absolute atomic E-state index is 0.246. The summed E-state index contributed by atoms with van der Waals surface area (Å²) in [5, 5.41) is 11.8. The maximum absolute atomic E-state index is 12.9. The van der Waals surface area contributed by atoms with E-state index >= 15 is 0 Å². The molecule has 2 heterocycles. The van der Waals surface area contributed by atoms with E-state index in [0.717, 1.165) is 5.56 Å². The standard InChI is InChI=1S/C19H18N4O3/c1-4-26-19(25)16-12(3)22-23-17(16)21-11(2)15(18(23)24)9-13-5-7-14(10-20)8-6-13/h5-8,22H,4,9H2,1-3H3. The van der Waals surface area contributed by atoms with Crippen LogP contribution in [0.1, 0.15) is 45.4 Å². The molecule has 0 amide bonds. The van der Waals surface area contributed by atoms with Crippen LogP contribution < -0.4 is 5.56 Å². The van der Waals surface area contributed by atoms with Gasteiger partial charge in [-0.25, -0.2) is 14.3 Å². The van der Waals surface area contributed by atoms with E-state index in [1.165, 1.54) is 4.52 Å². The molecule has 7 heteroatoms. The summed E-state index contributed by atoms with van der Waals surface area (Å²) in [4.78, 5) is 29.6. The second-order valence-electron chi connectivity index (χ2n) is 5.96. The molecule has 0 unspecified atom stereocenters. The average Bonchev–Trinajstić information content (AvgIpc) is 2.95. The molecule has 0 atom stereocenters. The van der Waals surface area contributed by atoms with Crippen molar-refractivity contribution < 1.29 is 9.53 Å². The molecule has 1 aromatic carbocycles. The fourth-order valence-electron chi connectivity index (χ4n) is 2.88. The molecule has 0 aliphatic rings. The normalized spacial score (nSPS) is 10.7. The lowest BCUT2D eigenvalue weighted by Gasteiger charge is -2.07. The number of hydrogen-bond acceptors (Lipinski definition) is 5. The Morgan fingerprint density at radius 2 is 2.00 bits per heavy atom. The van der Waals surface area contributed by atoms with Gasteiger partial charge in [-0.15, -0.1) is 0 Å². The van der Waals surface area contributed by atoms with Gasteiger partial charge in [0, 0.05) is 23.4 Å². The third kappa shape index (κ3) is 2.97. The summed E-state index contributed by atoms with van der Waals surface area (Å²) in [5.41, 5.74) is 3.38. The van der Waals surface area contributed by atoms with E-state index in [1.807, 2.05) is 12.1 Å². The molecule has 0 aliphatic heterocycles. The van der Waals surface area contributed by atoms with E-state index < -0.39 is 5.97 Å². The number of hydrogen-bond donors (Lipinski definition) is 1. The van der Waals surface area contributed by atoms with Crippen LogP contribution in [0.3, 0.4) is 0 Å². The van der Waals surface area contributed by atoms with E-state index in [9.17, 15) is 9.59 Å². The lowest BCUT2D eigenvalue weighted by molar-refractivity contribution is 0.0527. The molecule has 0 bridgehead atoms. The van der Waals surface area contributed by atoms with E-state index in [0.29, 0.717) is 28.9 Å². The minimum Gasteiger partial charge on any atom is -0.462 e. The van der Waals surface area contributed by atoms with Gasteiger partial charge in [0.2, 0.25) is 0 Å². The Morgan fingerprint density at radius 1 is 1.31 bits per heavy atom. The first-order valence-corrected chi connectivity index (χ1v) is 8.23. The predicted octanol–water partition coefficient (Wildman–Crippen LogP) is 2.28. The Hall–Kier alpha value is -3.40. The van der Waals surface area contributed by atoms with Crippen LogP contribution in [0, 0.1) is 25.2 Å². The number of nitrogens with zero attached hydrogens (tertiary/aromatic N) is 3. The highest BCUT2D eigenvalue weighted by Gasteiger charge is 2.22. The summed E-state index contributed by atoms with van der Waals surface area (Å²) in [6.45, 7) is 5.42. The van der Waals surface area contributed by atoms with Crippen LogP contribution in [0.5, 0.6) is 0 Å². The van der Waals surface area contributed by atoms with Crippen molar-refractivity contribution >= 4 is 11.6 Å². The van der Waals surface area contributed by atoms with Gasteiger partial charge in [0.25, 0.3) is 5.56 Å². The molecular weight excluding hydrogens is 332 g/mol. The molecule has 132 valence electrons. The smallest absolute Gasteiger partial charge is 0.343 e. The minimum atomic E-state index is -0.505. The van der Waals surface area contributed by atoms with Gasteiger partial charge in [-0.05, 0) is 38.5 Å².